The Balaban J connectivity index is 0.000000101. The molecule has 8 nitrogen and oxygen atoms in total. The van der Waals surface area contributed by atoms with Gasteiger partial charge in [-0.3, -0.25) is 19.9 Å². The quantitative estimate of drug-likeness (QED) is 0.165. The summed E-state index contributed by atoms with van der Waals surface area (Å²) in [4.78, 5) is 20.8. The summed E-state index contributed by atoms with van der Waals surface area (Å²) in [7, 11) is 8.68. The van der Waals surface area contributed by atoms with Crippen molar-refractivity contribution in [2.24, 2.45) is 28.2 Å². The molecule has 8 aromatic heterocycles. The first-order valence-electron chi connectivity index (χ1n) is 44.5. The van der Waals surface area contributed by atoms with Crippen molar-refractivity contribution < 1.29 is 18.3 Å². The van der Waals surface area contributed by atoms with E-state index in [-0.39, 0.29) is 0 Å². The van der Waals surface area contributed by atoms with E-state index in [1.54, 1.807) is 0 Å². The minimum absolute atomic E-state index is 0.906. The highest BCUT2D eigenvalue weighted by Gasteiger charge is 2.39. The number of pyridine rings is 8. The Morgan fingerprint density at radius 1 is 0.194 bits per heavy atom. The van der Waals surface area contributed by atoms with E-state index < -0.39 is 0 Å². The molecule has 8 aliphatic rings. The van der Waals surface area contributed by atoms with Gasteiger partial charge < -0.3 is 0 Å². The van der Waals surface area contributed by atoms with E-state index in [0.717, 1.165) is 51.4 Å². The van der Waals surface area contributed by atoms with Crippen molar-refractivity contribution in [3.63, 3.8) is 0 Å². The zero-order chi connectivity index (χ0) is 85.8. The number of aryl methyl sites for hydroxylation is 16. The molecule has 608 valence electrons. The number of aromatic nitrogens is 8. The predicted octanol–water partition coefficient (Wildman–Crippen LogP) is 23.8. The highest BCUT2D eigenvalue weighted by Crippen LogP contribution is 2.52. The zero-order valence-electron chi connectivity index (χ0n) is 75.7. The Morgan fingerprint density at radius 2 is 0.492 bits per heavy atom. The molecule has 0 N–H and O–H groups in total. The molecule has 0 spiro atoms. The van der Waals surface area contributed by atoms with Gasteiger partial charge in [-0.2, -0.15) is 0 Å². The van der Waals surface area contributed by atoms with Crippen LogP contribution in [0.15, 0.2) is 195 Å². The highest BCUT2D eigenvalue weighted by molar-refractivity contribution is 5.93. The van der Waals surface area contributed by atoms with Crippen molar-refractivity contribution in [2.75, 3.05) is 0 Å². The van der Waals surface area contributed by atoms with E-state index in [4.69, 9.17) is 19.9 Å². The van der Waals surface area contributed by atoms with Crippen LogP contribution < -0.4 is 18.3 Å². The van der Waals surface area contributed by atoms with Gasteiger partial charge in [-0.25, -0.2) is 18.3 Å². The molecule has 16 aromatic rings. The second-order valence-corrected chi connectivity index (χ2v) is 37.5. The molecule has 0 saturated heterocycles. The molecule has 0 atom stereocenters. The van der Waals surface area contributed by atoms with E-state index in [0.29, 0.717) is 0 Å². The highest BCUT2D eigenvalue weighted by atomic mass is 15.0. The predicted molar refractivity (Wildman–Crippen MR) is 505 cm³/mol. The summed E-state index contributed by atoms with van der Waals surface area (Å²) in [6, 6.07) is 64.1. The lowest BCUT2D eigenvalue weighted by atomic mass is 9.93. The number of benzene rings is 8. The van der Waals surface area contributed by atoms with Crippen molar-refractivity contribution in [3.05, 3.63) is 374 Å². The largest absolute Gasteiger partial charge is 0.256 e. The van der Waals surface area contributed by atoms with Crippen molar-refractivity contribution in [2.45, 2.75) is 162 Å². The average molecular weight is 1610 g/mol. The van der Waals surface area contributed by atoms with Gasteiger partial charge in [0.1, 0.15) is 28.2 Å². The number of fused-ring (bicyclic) bond motifs is 24. The van der Waals surface area contributed by atoms with E-state index >= 15 is 0 Å². The van der Waals surface area contributed by atoms with Crippen LogP contribution in [0, 0.1) is 111 Å². The molecule has 0 aliphatic heterocycles. The van der Waals surface area contributed by atoms with Gasteiger partial charge in [-0.15, -0.1) is 0 Å². The molecule has 0 unspecified atom stereocenters. The van der Waals surface area contributed by atoms with Crippen LogP contribution in [0.2, 0.25) is 0 Å². The SMILES string of the molecule is Cc1cc(C)c(C)c(-c2c3c(cc[n+]2C)-c2cc4c(nc2C3)Cc2c(C)cccc2-4)c1.Cc1cc(C)c(C)c(-c2c3c(cc[n+]2C)-c2cc4c(nc2C3)Cc2cccc(C)c2-4)c1.Cc1ccc2c(c1)-c1cc3c(nc1C2)Cc1c-3cc[n+](C)c1-c1cc(C)cc(C)c1C.Cc1ccc2c(c1)Cc1nc3c(cc1-2)-c1cc[n+](C)c(-c2cc(C)cc(C)c2C)c1C3. The van der Waals surface area contributed by atoms with Crippen LogP contribution >= 0.6 is 0 Å². The van der Waals surface area contributed by atoms with Gasteiger partial charge in [0.05, 0.1) is 45.6 Å². The normalized spacial score (nSPS) is 13.1. The molecule has 8 heteroatoms. The Hall–Kier alpha value is -13.0. The number of hydrogen-bond acceptors (Lipinski definition) is 4. The molecular formula is C116H108N8+4. The van der Waals surface area contributed by atoms with E-state index in [9.17, 15) is 0 Å². The van der Waals surface area contributed by atoms with Crippen molar-refractivity contribution in [1.82, 2.24) is 19.9 Å². The third-order valence-electron chi connectivity index (χ3n) is 29.1. The lowest BCUT2D eigenvalue weighted by Crippen LogP contribution is -2.32. The molecule has 0 radical (unpaired) electrons. The molecular weight excluding hydrogens is 1510 g/mol. The van der Waals surface area contributed by atoms with Gasteiger partial charge in [0.25, 0.3) is 0 Å². The van der Waals surface area contributed by atoms with Crippen LogP contribution in [0.3, 0.4) is 0 Å². The summed E-state index contributed by atoms with van der Waals surface area (Å²) >= 11 is 0. The maximum absolute atomic E-state index is 5.22. The van der Waals surface area contributed by atoms with Crippen LogP contribution in [0.1, 0.15) is 179 Å². The molecule has 8 aliphatic carbocycles. The van der Waals surface area contributed by atoms with Crippen molar-refractivity contribution in [1.29, 1.82) is 0 Å². The summed E-state index contributed by atoms with van der Waals surface area (Å²) < 4.78 is 9.16. The van der Waals surface area contributed by atoms with Crippen LogP contribution in [-0.4, -0.2) is 19.9 Å². The van der Waals surface area contributed by atoms with E-state index in [1.807, 2.05) is 0 Å². The molecule has 24 rings (SSSR count). The first-order valence-corrected chi connectivity index (χ1v) is 44.5. The first-order chi connectivity index (χ1) is 59.6. The second-order valence-electron chi connectivity index (χ2n) is 37.5. The fourth-order valence-electron chi connectivity index (χ4n) is 22.4. The summed E-state index contributed by atoms with van der Waals surface area (Å²) in [6.45, 7) is 35.4. The molecule has 8 heterocycles. The fourth-order valence-corrected chi connectivity index (χ4v) is 22.4. The third-order valence-corrected chi connectivity index (χ3v) is 29.1. The number of rotatable bonds is 4. The first kappa shape index (κ1) is 78.2. The maximum Gasteiger partial charge on any atom is 0.216 e. The Labute approximate surface area is 731 Å². The number of nitrogens with zero attached hydrogens (tertiary/aromatic N) is 8. The van der Waals surface area contributed by atoms with Gasteiger partial charge >= 0.3 is 0 Å². The van der Waals surface area contributed by atoms with Crippen molar-refractivity contribution >= 4 is 0 Å². The summed E-state index contributed by atoms with van der Waals surface area (Å²) in [5.74, 6) is 0. The summed E-state index contributed by atoms with van der Waals surface area (Å²) in [5.41, 5.74) is 74.8. The lowest BCUT2D eigenvalue weighted by molar-refractivity contribution is -0.660. The van der Waals surface area contributed by atoms with Crippen LogP contribution in [-0.2, 0) is 79.6 Å². The molecule has 124 heavy (non-hydrogen) atoms. The smallest absolute Gasteiger partial charge is 0.216 e. The minimum atomic E-state index is 0.906. The molecule has 0 amide bonds. The second kappa shape index (κ2) is 29.3. The zero-order valence-corrected chi connectivity index (χ0v) is 75.7. The Bertz CT molecular complexity index is 7350. The standard InChI is InChI=1S/4C29H27N2/c1-16-6-7-21-20(11-16)13-27-24(21)14-25-22-8-9-31(5)29(26(22)15-28(25)30-27)23-12-17(2)10-18(3)19(23)4;1-16-6-7-20-13-27-25(23(20)11-16)14-24-21-8-9-31(5)29(26(21)15-28(24)30-27)22-12-17(2)10-18(3)19(22)4;1-16-11-18(3)19(4)23(12-16)29-26-15-28-25(21(26)9-10-31(29)5)13-24-20-8-6-7-17(2)22(20)14-27(24)30-28;1-16-11-18(3)19(4)22(12-16)29-24-15-27-23(21(24)9-10-31(29)5)14-25-26(30-27)13-20-8-6-7-17(2)28(20)25/h2*6-12,14H,13,15H2,1-5H3;6-13H,14-15H2,1-5H3;6-12,14H,13,15H2,1-5H3/q4*+1. The van der Waals surface area contributed by atoms with Gasteiger partial charge in [0.15, 0.2) is 24.8 Å². The minimum Gasteiger partial charge on any atom is -0.256 e. The topological polar surface area (TPSA) is 67.1 Å². The number of hydrogen-bond donors (Lipinski definition) is 0. The fraction of sp³-hybridized carbons (Fsp3) is 0.241. The average Bonchev–Trinajstić information content (AvgIpc) is 1.59. The van der Waals surface area contributed by atoms with Crippen LogP contribution in [0.4, 0.5) is 0 Å². The molecule has 0 fully saturated rings. The van der Waals surface area contributed by atoms with Gasteiger partial charge in [0.2, 0.25) is 22.8 Å². The van der Waals surface area contributed by atoms with Crippen LogP contribution in [0.25, 0.3) is 134 Å². The Kier molecular flexibility index (Phi) is 18.5. The Morgan fingerprint density at radius 3 is 0.903 bits per heavy atom. The molecule has 0 bridgehead atoms. The molecule has 0 saturated carbocycles. The lowest BCUT2D eigenvalue weighted by Gasteiger charge is -2.12. The van der Waals surface area contributed by atoms with Gasteiger partial charge in [-0.1, -0.05) is 130 Å². The van der Waals surface area contributed by atoms with Gasteiger partial charge in [0, 0.05) is 165 Å². The van der Waals surface area contributed by atoms with Gasteiger partial charge in [-0.05, 0) is 282 Å². The van der Waals surface area contributed by atoms with E-state index in [1.165, 1.54) is 313 Å². The van der Waals surface area contributed by atoms with Crippen molar-refractivity contribution in [3.8, 4) is 134 Å². The molecule has 8 aromatic carbocycles. The van der Waals surface area contributed by atoms with Crippen LogP contribution in [0.5, 0.6) is 0 Å². The maximum atomic E-state index is 5.22. The summed E-state index contributed by atoms with van der Waals surface area (Å²) in [5, 5.41) is 0. The summed E-state index contributed by atoms with van der Waals surface area (Å²) in [6.07, 6.45) is 16.3. The van der Waals surface area contributed by atoms with E-state index in [2.05, 4.69) is 352 Å². The third kappa shape index (κ3) is 12.6. The monoisotopic (exact) mass is 1610 g/mol.